The van der Waals surface area contributed by atoms with Crippen molar-refractivity contribution >= 4 is 17.5 Å². The van der Waals surface area contributed by atoms with E-state index >= 15 is 0 Å². The minimum atomic E-state index is -0.795. The average Bonchev–Trinajstić information content (AvgIpc) is 2.92. The maximum Gasteiger partial charge on any atom is 0.249 e. The number of aryl methyl sites for hydroxylation is 1. The van der Waals surface area contributed by atoms with Gasteiger partial charge in [-0.1, -0.05) is 57.2 Å². The number of aromatic nitrogens is 1. The number of primary amides is 1. The van der Waals surface area contributed by atoms with E-state index in [4.69, 9.17) is 5.73 Å². The van der Waals surface area contributed by atoms with Crippen LogP contribution in [0.25, 0.3) is 0 Å². The van der Waals surface area contributed by atoms with Gasteiger partial charge in [-0.05, 0) is 53.5 Å². The number of nitrogens with zero attached hydrogens (tertiary/aromatic N) is 1. The number of ketones is 2. The van der Waals surface area contributed by atoms with E-state index in [0.717, 1.165) is 18.2 Å². The summed E-state index contributed by atoms with van der Waals surface area (Å²) in [7, 11) is 0. The lowest BCUT2D eigenvalue weighted by Gasteiger charge is -2.23. The molecule has 1 aliphatic carbocycles. The molecule has 1 aliphatic rings. The summed E-state index contributed by atoms with van der Waals surface area (Å²) in [5.41, 5.74) is 9.31. The molecular weight excluding hydrogens is 596 g/mol. The van der Waals surface area contributed by atoms with Crippen LogP contribution in [-0.2, 0) is 24.8 Å². The zero-order chi connectivity index (χ0) is 29.5. The van der Waals surface area contributed by atoms with Gasteiger partial charge in [0.05, 0.1) is 11.1 Å². The molecule has 0 saturated heterocycles. The fraction of sp³-hybridized carbons (Fsp3) is 0.235. The fourth-order valence-corrected chi connectivity index (χ4v) is 5.45. The molecule has 1 amide bonds. The quantitative estimate of drug-likeness (QED) is 0.237. The summed E-state index contributed by atoms with van der Waals surface area (Å²) in [6, 6.07) is 18.1. The molecule has 0 fully saturated rings. The number of halogens is 1. The van der Waals surface area contributed by atoms with Gasteiger partial charge in [0.15, 0.2) is 24.7 Å². The molecule has 4 N–H and O–H groups in total. The highest BCUT2D eigenvalue weighted by atomic mass is 79.9. The predicted octanol–water partition coefficient (Wildman–Crippen LogP) is 1.78. The van der Waals surface area contributed by atoms with Crippen LogP contribution in [-0.4, -0.2) is 27.7 Å². The molecule has 0 bridgehead atoms. The van der Waals surface area contributed by atoms with Crippen LogP contribution in [0.1, 0.15) is 91.6 Å². The average molecular weight is 630 g/mol. The standard InChI is InChI=1S/C34H32N2O5.BrH/c1-34(2,3)22-12-10-21(11-13-22)19-36-16-14-20(15-17-36)6-4-7-23-25(33(35)41)18-27(38)30-29(23)31(39)24-8-5-9-26(37)28(24)32(30)40;/h5,8-18H,4,6-7,19H2,1-3H3,(H3-,35,37,38,40,41);1H. The second kappa shape index (κ2) is 11.9. The van der Waals surface area contributed by atoms with Gasteiger partial charge in [0.1, 0.15) is 11.5 Å². The largest absolute Gasteiger partial charge is 1.00 e. The number of aromatic hydroxyl groups is 2. The van der Waals surface area contributed by atoms with E-state index in [1.807, 2.05) is 24.5 Å². The Hall–Kier alpha value is -4.30. The van der Waals surface area contributed by atoms with E-state index in [2.05, 4.69) is 49.6 Å². The number of pyridine rings is 1. The van der Waals surface area contributed by atoms with E-state index in [1.54, 1.807) is 0 Å². The minimum Gasteiger partial charge on any atom is -1.00 e. The van der Waals surface area contributed by atoms with Gasteiger partial charge < -0.3 is 32.9 Å². The lowest BCUT2D eigenvalue weighted by molar-refractivity contribution is -0.688. The van der Waals surface area contributed by atoms with Gasteiger partial charge >= 0.3 is 0 Å². The summed E-state index contributed by atoms with van der Waals surface area (Å²) in [5.74, 6) is -2.84. The summed E-state index contributed by atoms with van der Waals surface area (Å²) in [6.45, 7) is 7.34. The van der Waals surface area contributed by atoms with Crippen molar-refractivity contribution < 1.29 is 46.1 Å². The topological polar surface area (TPSA) is 122 Å². The number of phenols is 2. The molecule has 1 aromatic heterocycles. The van der Waals surface area contributed by atoms with Crippen molar-refractivity contribution in [1.29, 1.82) is 0 Å². The third kappa shape index (κ3) is 5.85. The minimum absolute atomic E-state index is 0. The van der Waals surface area contributed by atoms with Crippen LogP contribution in [0.4, 0.5) is 0 Å². The monoisotopic (exact) mass is 628 g/mol. The van der Waals surface area contributed by atoms with Gasteiger partial charge in [-0.3, -0.25) is 14.4 Å². The number of amides is 1. The second-order valence-corrected chi connectivity index (χ2v) is 11.6. The Morgan fingerprint density at radius 3 is 2.10 bits per heavy atom. The maximum atomic E-state index is 13.5. The van der Waals surface area contributed by atoms with E-state index in [0.29, 0.717) is 24.8 Å². The first-order valence-electron chi connectivity index (χ1n) is 13.6. The number of carbonyl (C=O) groups excluding carboxylic acids is 3. The normalized spacial score (nSPS) is 12.4. The van der Waals surface area contributed by atoms with Crippen molar-refractivity contribution in [3.8, 4) is 11.5 Å². The van der Waals surface area contributed by atoms with Crippen molar-refractivity contribution in [3.05, 3.63) is 123 Å². The van der Waals surface area contributed by atoms with E-state index in [9.17, 15) is 24.6 Å². The highest BCUT2D eigenvalue weighted by Gasteiger charge is 2.37. The number of nitrogens with two attached hydrogens (primary N) is 1. The Morgan fingerprint density at radius 1 is 0.810 bits per heavy atom. The van der Waals surface area contributed by atoms with Crippen molar-refractivity contribution in [3.63, 3.8) is 0 Å². The van der Waals surface area contributed by atoms with Crippen molar-refractivity contribution in [2.24, 2.45) is 5.73 Å². The Labute approximate surface area is 255 Å². The number of benzene rings is 3. The number of rotatable bonds is 7. The molecule has 0 aliphatic heterocycles. The van der Waals surface area contributed by atoms with Crippen molar-refractivity contribution in [2.45, 2.75) is 52.0 Å². The SMILES string of the molecule is CC(C)(C)c1ccc(C[n+]2ccc(CCCc3c(C(N)=O)cc(O)c4c3C(=O)c3cccc(O)c3C4=O)cc2)cc1.[Br-]. The van der Waals surface area contributed by atoms with Crippen molar-refractivity contribution in [1.82, 2.24) is 0 Å². The predicted molar refractivity (Wildman–Crippen MR) is 155 cm³/mol. The van der Waals surface area contributed by atoms with Gasteiger partial charge in [0, 0.05) is 34.4 Å². The lowest BCUT2D eigenvalue weighted by atomic mass is 9.78. The number of fused-ring (bicyclic) bond motifs is 2. The molecule has 8 heteroatoms. The van der Waals surface area contributed by atoms with E-state index in [1.165, 1.54) is 29.3 Å². The molecule has 0 saturated carbocycles. The van der Waals surface area contributed by atoms with Gasteiger partial charge in [-0.15, -0.1) is 0 Å². The molecule has 0 spiro atoms. The maximum absolute atomic E-state index is 13.5. The van der Waals surface area contributed by atoms with Crippen LogP contribution >= 0.6 is 0 Å². The number of phenolic OH excluding ortho intramolecular Hbond substituents is 2. The van der Waals surface area contributed by atoms with Crippen LogP contribution in [0.5, 0.6) is 11.5 Å². The second-order valence-electron chi connectivity index (χ2n) is 11.6. The van der Waals surface area contributed by atoms with E-state index < -0.39 is 23.2 Å². The van der Waals surface area contributed by atoms with Gasteiger partial charge in [-0.25, -0.2) is 4.57 Å². The smallest absolute Gasteiger partial charge is 0.249 e. The molecule has 4 aromatic rings. The molecule has 42 heavy (non-hydrogen) atoms. The first kappa shape index (κ1) is 30.7. The lowest BCUT2D eigenvalue weighted by Crippen LogP contribution is -3.00. The van der Waals surface area contributed by atoms with Crippen LogP contribution in [0.2, 0.25) is 0 Å². The third-order valence-electron chi connectivity index (χ3n) is 7.69. The summed E-state index contributed by atoms with van der Waals surface area (Å²) in [4.78, 5) is 39.1. The van der Waals surface area contributed by atoms with Gasteiger partial charge in [-0.2, -0.15) is 0 Å². The molecule has 216 valence electrons. The van der Waals surface area contributed by atoms with Crippen LogP contribution < -0.4 is 27.3 Å². The molecule has 1 heterocycles. The summed E-state index contributed by atoms with van der Waals surface area (Å²) >= 11 is 0. The summed E-state index contributed by atoms with van der Waals surface area (Å²) < 4.78 is 2.11. The zero-order valence-electron chi connectivity index (χ0n) is 23.8. The van der Waals surface area contributed by atoms with Crippen LogP contribution in [0.15, 0.2) is 73.1 Å². The highest BCUT2D eigenvalue weighted by Crippen LogP contribution is 2.39. The number of hydrogen-bond acceptors (Lipinski definition) is 5. The Morgan fingerprint density at radius 2 is 1.48 bits per heavy atom. The fourth-order valence-electron chi connectivity index (χ4n) is 5.45. The Kier molecular flexibility index (Phi) is 8.68. The Balaban J connectivity index is 0.00000405. The first-order chi connectivity index (χ1) is 19.5. The first-order valence-corrected chi connectivity index (χ1v) is 13.6. The van der Waals surface area contributed by atoms with Gasteiger partial charge in [0.2, 0.25) is 11.7 Å². The van der Waals surface area contributed by atoms with Crippen molar-refractivity contribution in [2.75, 3.05) is 0 Å². The number of hydrogen-bond donors (Lipinski definition) is 3. The molecule has 5 rings (SSSR count). The molecule has 0 radical (unpaired) electrons. The Bertz CT molecular complexity index is 1690. The summed E-state index contributed by atoms with van der Waals surface area (Å²) in [6.07, 6.45) is 5.58. The third-order valence-corrected chi connectivity index (χ3v) is 7.69. The zero-order valence-corrected chi connectivity index (χ0v) is 25.4. The molecular formula is C34H33BrN2O5. The van der Waals surface area contributed by atoms with Crippen LogP contribution in [0.3, 0.4) is 0 Å². The van der Waals surface area contributed by atoms with E-state index in [-0.39, 0.29) is 56.0 Å². The molecule has 7 nitrogen and oxygen atoms in total. The van der Waals surface area contributed by atoms with Crippen LogP contribution in [0, 0.1) is 0 Å². The highest BCUT2D eigenvalue weighted by molar-refractivity contribution is 6.31. The number of carbonyl (C=O) groups is 3. The van der Waals surface area contributed by atoms with Gasteiger partial charge in [0.25, 0.3) is 0 Å². The molecule has 3 aromatic carbocycles. The summed E-state index contributed by atoms with van der Waals surface area (Å²) in [5, 5.41) is 20.9. The molecule has 0 unspecified atom stereocenters. The molecule has 0 atom stereocenters.